The van der Waals surface area contributed by atoms with Gasteiger partial charge < -0.3 is 4.90 Å². The first-order valence-corrected chi connectivity index (χ1v) is 6.84. The number of thiazole rings is 1. The van der Waals surface area contributed by atoms with Gasteiger partial charge in [0.25, 0.3) is 0 Å². The van der Waals surface area contributed by atoms with Gasteiger partial charge in [-0.1, -0.05) is 35.6 Å². The normalized spacial score (nSPS) is 13.4. The summed E-state index contributed by atoms with van der Waals surface area (Å²) >= 11 is 1.71. The number of fused-ring (bicyclic) bond motifs is 3. The van der Waals surface area contributed by atoms with Crippen molar-refractivity contribution in [3.8, 4) is 11.3 Å². The Balaban J connectivity index is 2.01. The van der Waals surface area contributed by atoms with Crippen LogP contribution in [0.2, 0.25) is 0 Å². The van der Waals surface area contributed by atoms with Crippen molar-refractivity contribution < 1.29 is 0 Å². The third-order valence-electron chi connectivity index (χ3n) is 2.98. The molecule has 1 heterocycles. The van der Waals surface area contributed by atoms with Crippen LogP contribution in [0.3, 0.4) is 0 Å². The van der Waals surface area contributed by atoms with Crippen LogP contribution in [0, 0.1) is 0 Å². The van der Waals surface area contributed by atoms with Gasteiger partial charge in [0.05, 0.1) is 12.0 Å². The molecule has 1 aliphatic carbocycles. The van der Waals surface area contributed by atoms with E-state index in [9.17, 15) is 0 Å². The van der Waals surface area contributed by atoms with Crippen LogP contribution in [-0.4, -0.2) is 30.3 Å². The number of aliphatic imine (C=N–C) groups is 1. The number of hydrogen-bond donors (Lipinski definition) is 0. The number of rotatable bonds is 2. The molecule has 92 valence electrons. The summed E-state index contributed by atoms with van der Waals surface area (Å²) in [5, 5.41) is 0.852. The number of benzene rings is 1. The number of aromatic nitrogens is 1. The van der Waals surface area contributed by atoms with Gasteiger partial charge >= 0.3 is 0 Å². The molecular formula is C14H15N3S. The predicted octanol–water partition coefficient (Wildman–Crippen LogP) is 3.13. The van der Waals surface area contributed by atoms with Crippen molar-refractivity contribution in [2.24, 2.45) is 4.99 Å². The van der Waals surface area contributed by atoms with Crippen LogP contribution in [-0.2, 0) is 12.8 Å². The van der Waals surface area contributed by atoms with Crippen molar-refractivity contribution in [2.75, 3.05) is 14.1 Å². The summed E-state index contributed by atoms with van der Waals surface area (Å²) in [6, 6.07) is 8.53. The molecule has 0 spiro atoms. The van der Waals surface area contributed by atoms with Crippen molar-refractivity contribution >= 4 is 22.8 Å². The Kier molecular flexibility index (Phi) is 2.88. The van der Waals surface area contributed by atoms with Gasteiger partial charge in [-0.25, -0.2) is 9.98 Å². The van der Waals surface area contributed by atoms with E-state index >= 15 is 0 Å². The maximum atomic E-state index is 4.66. The minimum atomic E-state index is 0.852. The van der Waals surface area contributed by atoms with Crippen LogP contribution in [0.15, 0.2) is 29.3 Å². The van der Waals surface area contributed by atoms with Gasteiger partial charge in [-0.05, 0) is 18.4 Å². The molecule has 0 amide bonds. The molecule has 0 N–H and O–H groups in total. The van der Waals surface area contributed by atoms with Crippen molar-refractivity contribution in [1.82, 2.24) is 9.88 Å². The van der Waals surface area contributed by atoms with E-state index in [2.05, 4.69) is 34.2 Å². The summed E-state index contributed by atoms with van der Waals surface area (Å²) in [6.45, 7) is 0. The van der Waals surface area contributed by atoms with Crippen molar-refractivity contribution in [1.29, 1.82) is 0 Å². The minimum absolute atomic E-state index is 0.852. The molecule has 0 fully saturated rings. The Morgan fingerprint density at radius 3 is 2.94 bits per heavy atom. The van der Waals surface area contributed by atoms with E-state index in [4.69, 9.17) is 0 Å². The Morgan fingerprint density at radius 1 is 1.28 bits per heavy atom. The molecule has 4 heteroatoms. The highest BCUT2D eigenvalue weighted by Crippen LogP contribution is 2.38. The molecular weight excluding hydrogens is 242 g/mol. The Bertz CT molecular complexity index is 599. The summed E-state index contributed by atoms with van der Waals surface area (Å²) in [6.07, 6.45) is 4.00. The molecule has 3 rings (SSSR count). The first kappa shape index (κ1) is 11.4. The molecule has 0 aliphatic heterocycles. The maximum absolute atomic E-state index is 4.66. The molecule has 1 aliphatic rings. The predicted molar refractivity (Wildman–Crippen MR) is 76.8 cm³/mol. The first-order chi connectivity index (χ1) is 8.74. The molecule has 2 aromatic rings. The minimum Gasteiger partial charge on any atom is -0.369 e. The monoisotopic (exact) mass is 257 g/mol. The lowest BCUT2D eigenvalue weighted by Crippen LogP contribution is -2.06. The second kappa shape index (κ2) is 4.53. The zero-order valence-corrected chi connectivity index (χ0v) is 11.4. The average molecular weight is 257 g/mol. The third-order valence-corrected chi connectivity index (χ3v) is 4.00. The number of nitrogens with zero attached hydrogens (tertiary/aromatic N) is 3. The quantitative estimate of drug-likeness (QED) is 0.611. The van der Waals surface area contributed by atoms with E-state index in [1.54, 1.807) is 17.7 Å². The molecule has 0 radical (unpaired) electrons. The molecule has 3 nitrogen and oxygen atoms in total. The summed E-state index contributed by atoms with van der Waals surface area (Å²) in [7, 11) is 3.93. The van der Waals surface area contributed by atoms with Crippen LogP contribution in [0.5, 0.6) is 0 Å². The van der Waals surface area contributed by atoms with E-state index in [1.807, 2.05) is 19.0 Å². The highest BCUT2D eigenvalue weighted by Gasteiger charge is 2.19. The summed E-state index contributed by atoms with van der Waals surface area (Å²) in [4.78, 5) is 12.3. The Morgan fingerprint density at radius 2 is 2.11 bits per heavy atom. The smallest absolute Gasteiger partial charge is 0.211 e. The fourth-order valence-corrected chi connectivity index (χ4v) is 3.07. The standard InChI is InChI=1S/C14H15N3S/c1-17(2)9-15-14-16-13-11-6-4-3-5-10(11)7-8-12(13)18-14/h3-6,9H,7-8H2,1-2H3. The Labute approximate surface area is 111 Å². The van der Waals surface area contributed by atoms with Gasteiger partial charge in [0.2, 0.25) is 5.13 Å². The SMILES string of the molecule is CN(C)C=Nc1nc2c(s1)CCc1ccccc1-2. The van der Waals surface area contributed by atoms with Gasteiger partial charge in [-0.15, -0.1) is 0 Å². The van der Waals surface area contributed by atoms with Gasteiger partial charge in [0, 0.05) is 24.5 Å². The third kappa shape index (κ3) is 2.04. The van der Waals surface area contributed by atoms with Crippen molar-refractivity contribution in [3.05, 3.63) is 34.7 Å². The summed E-state index contributed by atoms with van der Waals surface area (Å²) in [5.74, 6) is 0. The fraction of sp³-hybridized carbons (Fsp3) is 0.286. The van der Waals surface area contributed by atoms with Crippen molar-refractivity contribution in [2.45, 2.75) is 12.8 Å². The van der Waals surface area contributed by atoms with E-state index in [1.165, 1.54) is 16.0 Å². The van der Waals surface area contributed by atoms with Crippen LogP contribution < -0.4 is 0 Å². The maximum Gasteiger partial charge on any atom is 0.211 e. The van der Waals surface area contributed by atoms with E-state index in [-0.39, 0.29) is 0 Å². The lowest BCUT2D eigenvalue weighted by molar-refractivity contribution is 0.643. The molecule has 1 aromatic carbocycles. The zero-order chi connectivity index (χ0) is 12.5. The topological polar surface area (TPSA) is 28.5 Å². The van der Waals surface area contributed by atoms with Crippen LogP contribution >= 0.6 is 11.3 Å². The van der Waals surface area contributed by atoms with Crippen LogP contribution in [0.1, 0.15) is 10.4 Å². The van der Waals surface area contributed by atoms with Gasteiger partial charge in [0.15, 0.2) is 0 Å². The van der Waals surface area contributed by atoms with Gasteiger partial charge in [-0.2, -0.15) is 0 Å². The van der Waals surface area contributed by atoms with Crippen molar-refractivity contribution in [3.63, 3.8) is 0 Å². The van der Waals surface area contributed by atoms with Gasteiger partial charge in [-0.3, -0.25) is 0 Å². The molecule has 0 saturated carbocycles. The molecule has 0 unspecified atom stereocenters. The number of aryl methyl sites for hydroxylation is 2. The lowest BCUT2D eigenvalue weighted by atomic mass is 9.94. The largest absolute Gasteiger partial charge is 0.369 e. The fourth-order valence-electron chi connectivity index (χ4n) is 2.16. The summed E-state index contributed by atoms with van der Waals surface area (Å²) in [5.41, 5.74) is 3.81. The van der Waals surface area contributed by atoms with Gasteiger partial charge in [0.1, 0.15) is 0 Å². The van der Waals surface area contributed by atoms with Crippen LogP contribution in [0.25, 0.3) is 11.3 Å². The Hall–Kier alpha value is -1.68. The first-order valence-electron chi connectivity index (χ1n) is 6.02. The second-order valence-corrected chi connectivity index (χ2v) is 5.70. The molecule has 0 saturated heterocycles. The highest BCUT2D eigenvalue weighted by molar-refractivity contribution is 7.15. The molecule has 18 heavy (non-hydrogen) atoms. The highest BCUT2D eigenvalue weighted by atomic mass is 32.1. The lowest BCUT2D eigenvalue weighted by Gasteiger charge is -2.13. The second-order valence-electron chi connectivity index (χ2n) is 4.63. The average Bonchev–Trinajstić information content (AvgIpc) is 2.79. The summed E-state index contributed by atoms with van der Waals surface area (Å²) < 4.78 is 0. The van der Waals surface area contributed by atoms with E-state index < -0.39 is 0 Å². The van der Waals surface area contributed by atoms with E-state index in [0.29, 0.717) is 0 Å². The van der Waals surface area contributed by atoms with Crippen LogP contribution in [0.4, 0.5) is 5.13 Å². The number of hydrogen-bond acceptors (Lipinski definition) is 3. The molecule has 1 aromatic heterocycles. The molecule has 0 bridgehead atoms. The zero-order valence-electron chi connectivity index (χ0n) is 10.6. The molecule has 0 atom stereocenters. The van der Waals surface area contributed by atoms with E-state index in [0.717, 1.165) is 23.7 Å².